The number of aliphatic hydroxyl groups excluding tert-OH is 1. The molecular weight excluding hydrogens is 332 g/mol. The average Bonchev–Trinajstić information content (AvgIpc) is 3.27. The van der Waals surface area contributed by atoms with E-state index in [-0.39, 0.29) is 12.1 Å². The van der Waals surface area contributed by atoms with Gasteiger partial charge in [0.05, 0.1) is 12.3 Å². The van der Waals surface area contributed by atoms with E-state index < -0.39 is 0 Å². The Morgan fingerprint density at radius 2 is 2.23 bits per heavy atom. The second-order valence-electron chi connectivity index (χ2n) is 6.43. The zero-order chi connectivity index (χ0) is 17.9. The number of anilines is 2. The first-order chi connectivity index (χ1) is 12.7. The molecule has 9 heteroatoms. The fourth-order valence-electron chi connectivity index (χ4n) is 3.33. The standard InChI is InChI=1S/C17H22N8O/c1-18-15-5-17(22-11-21-15)24-10-14(26)4-13(24)8-19-6-12-7-20-16-2-3-23-25(16)9-12/h2-3,5,7,9,11,13-14,19,26H,4,6,8,10H2,1H3,(H,18,21,22)/t13-,14-/m1/s1. The monoisotopic (exact) mass is 354 g/mol. The molecule has 1 aliphatic heterocycles. The summed E-state index contributed by atoms with van der Waals surface area (Å²) in [5.41, 5.74) is 1.90. The van der Waals surface area contributed by atoms with Crippen LogP contribution < -0.4 is 15.5 Å². The summed E-state index contributed by atoms with van der Waals surface area (Å²) in [6.45, 7) is 2.01. The molecule has 136 valence electrons. The predicted octanol–water partition coefficient (Wildman–Crippen LogP) is 0.290. The number of hydrogen-bond donors (Lipinski definition) is 3. The number of nitrogens with one attached hydrogen (secondary N) is 2. The molecular formula is C17H22N8O. The smallest absolute Gasteiger partial charge is 0.154 e. The average molecular weight is 354 g/mol. The van der Waals surface area contributed by atoms with E-state index >= 15 is 0 Å². The first kappa shape index (κ1) is 16.7. The Bertz CT molecular complexity index is 882. The number of hydrogen-bond acceptors (Lipinski definition) is 8. The fraction of sp³-hybridized carbons (Fsp3) is 0.412. The molecule has 0 bridgehead atoms. The maximum atomic E-state index is 10.1. The third kappa shape index (κ3) is 3.44. The number of rotatable bonds is 6. The molecule has 4 rings (SSSR count). The van der Waals surface area contributed by atoms with Crippen LogP contribution in [0.15, 0.2) is 37.1 Å². The molecule has 0 radical (unpaired) electrons. The Morgan fingerprint density at radius 3 is 3.12 bits per heavy atom. The molecule has 1 saturated heterocycles. The summed E-state index contributed by atoms with van der Waals surface area (Å²) < 4.78 is 1.77. The van der Waals surface area contributed by atoms with Crippen LogP contribution in [0.4, 0.5) is 11.6 Å². The van der Waals surface area contributed by atoms with Crippen molar-refractivity contribution in [2.75, 3.05) is 30.4 Å². The van der Waals surface area contributed by atoms with Crippen molar-refractivity contribution >= 4 is 17.3 Å². The van der Waals surface area contributed by atoms with Crippen molar-refractivity contribution in [2.45, 2.75) is 25.1 Å². The van der Waals surface area contributed by atoms with Gasteiger partial charge in [0.25, 0.3) is 0 Å². The number of nitrogens with zero attached hydrogens (tertiary/aromatic N) is 6. The summed E-state index contributed by atoms with van der Waals surface area (Å²) in [5.74, 6) is 1.59. The maximum Gasteiger partial charge on any atom is 0.154 e. The first-order valence-electron chi connectivity index (χ1n) is 8.66. The number of aliphatic hydroxyl groups is 1. The fourth-order valence-corrected chi connectivity index (χ4v) is 3.33. The van der Waals surface area contributed by atoms with E-state index in [0.717, 1.165) is 29.4 Å². The molecule has 0 unspecified atom stereocenters. The van der Waals surface area contributed by atoms with Crippen LogP contribution in [-0.4, -0.2) is 62.0 Å². The van der Waals surface area contributed by atoms with Crippen LogP contribution in [0.25, 0.3) is 5.65 Å². The molecule has 1 fully saturated rings. The summed E-state index contributed by atoms with van der Waals surface area (Å²) in [5, 5.41) is 20.8. The number of β-amino-alcohol motifs (C(OH)–C–C–N with tert-alkyl or cyclic N) is 1. The zero-order valence-electron chi connectivity index (χ0n) is 14.6. The van der Waals surface area contributed by atoms with E-state index in [0.29, 0.717) is 19.5 Å². The SMILES string of the molecule is CNc1cc(N2C[C@H](O)C[C@@H]2CNCc2cnc3ccnn3c2)ncn1. The normalized spacial score (nSPS) is 20.0. The van der Waals surface area contributed by atoms with Crippen molar-refractivity contribution in [3.63, 3.8) is 0 Å². The van der Waals surface area contributed by atoms with Crippen LogP contribution in [0.1, 0.15) is 12.0 Å². The summed E-state index contributed by atoms with van der Waals surface area (Å²) in [6.07, 6.45) is 7.47. The van der Waals surface area contributed by atoms with Gasteiger partial charge in [-0.15, -0.1) is 0 Å². The topological polar surface area (TPSA) is 104 Å². The number of fused-ring (bicyclic) bond motifs is 1. The van der Waals surface area contributed by atoms with Crippen LogP contribution in [0.5, 0.6) is 0 Å². The van der Waals surface area contributed by atoms with E-state index in [4.69, 9.17) is 0 Å². The lowest BCUT2D eigenvalue weighted by molar-refractivity contribution is 0.194. The highest BCUT2D eigenvalue weighted by Crippen LogP contribution is 2.24. The third-order valence-corrected chi connectivity index (χ3v) is 4.60. The lowest BCUT2D eigenvalue weighted by Gasteiger charge is -2.25. The molecule has 3 N–H and O–H groups in total. The van der Waals surface area contributed by atoms with Gasteiger partial charge in [-0.2, -0.15) is 5.10 Å². The minimum absolute atomic E-state index is 0.172. The molecule has 3 aromatic heterocycles. The van der Waals surface area contributed by atoms with Gasteiger partial charge >= 0.3 is 0 Å². The van der Waals surface area contributed by atoms with Crippen molar-refractivity contribution in [1.29, 1.82) is 0 Å². The predicted molar refractivity (Wildman–Crippen MR) is 98.0 cm³/mol. The molecule has 0 amide bonds. The van der Waals surface area contributed by atoms with Gasteiger partial charge in [-0.25, -0.2) is 19.5 Å². The first-order valence-corrected chi connectivity index (χ1v) is 8.66. The van der Waals surface area contributed by atoms with Gasteiger partial charge < -0.3 is 20.6 Å². The van der Waals surface area contributed by atoms with Gasteiger partial charge in [0, 0.05) is 62.8 Å². The highest BCUT2D eigenvalue weighted by atomic mass is 16.3. The third-order valence-electron chi connectivity index (χ3n) is 4.60. The Hall–Kier alpha value is -2.78. The van der Waals surface area contributed by atoms with Gasteiger partial charge in [0.2, 0.25) is 0 Å². The molecule has 0 aromatic carbocycles. The van der Waals surface area contributed by atoms with Gasteiger partial charge in [0.1, 0.15) is 18.0 Å². The van der Waals surface area contributed by atoms with E-state index in [1.54, 1.807) is 17.0 Å². The van der Waals surface area contributed by atoms with Gasteiger partial charge in [0.15, 0.2) is 5.65 Å². The molecule has 0 spiro atoms. The van der Waals surface area contributed by atoms with Crippen LogP contribution >= 0.6 is 0 Å². The Balaban J connectivity index is 1.40. The van der Waals surface area contributed by atoms with Crippen molar-refractivity contribution in [3.05, 3.63) is 42.6 Å². The lowest BCUT2D eigenvalue weighted by atomic mass is 10.2. The highest BCUT2D eigenvalue weighted by molar-refractivity contribution is 5.50. The van der Waals surface area contributed by atoms with Crippen LogP contribution in [-0.2, 0) is 6.54 Å². The van der Waals surface area contributed by atoms with Gasteiger partial charge in [-0.05, 0) is 6.42 Å². The molecule has 3 aromatic rings. The van der Waals surface area contributed by atoms with E-state index in [9.17, 15) is 5.11 Å². The van der Waals surface area contributed by atoms with E-state index in [2.05, 4.69) is 35.6 Å². The highest BCUT2D eigenvalue weighted by Gasteiger charge is 2.31. The van der Waals surface area contributed by atoms with Crippen LogP contribution in [0.2, 0.25) is 0 Å². The lowest BCUT2D eigenvalue weighted by Crippen LogP contribution is -2.38. The summed E-state index contributed by atoms with van der Waals surface area (Å²) in [6, 6.07) is 3.95. The Kier molecular flexibility index (Phi) is 4.63. The van der Waals surface area contributed by atoms with Crippen LogP contribution in [0.3, 0.4) is 0 Å². The quantitative estimate of drug-likeness (QED) is 0.580. The minimum atomic E-state index is -0.350. The van der Waals surface area contributed by atoms with Gasteiger partial charge in [-0.3, -0.25) is 0 Å². The minimum Gasteiger partial charge on any atom is -0.391 e. The Morgan fingerprint density at radius 1 is 1.31 bits per heavy atom. The molecule has 0 aliphatic carbocycles. The molecule has 0 saturated carbocycles. The molecule has 1 aliphatic rings. The summed E-state index contributed by atoms with van der Waals surface area (Å²) in [4.78, 5) is 15.0. The second kappa shape index (κ2) is 7.22. The summed E-state index contributed by atoms with van der Waals surface area (Å²) in [7, 11) is 1.83. The van der Waals surface area contributed by atoms with Crippen molar-refractivity contribution in [2.24, 2.45) is 0 Å². The van der Waals surface area contributed by atoms with E-state index in [1.807, 2.05) is 31.6 Å². The van der Waals surface area contributed by atoms with Crippen molar-refractivity contribution in [3.8, 4) is 0 Å². The summed E-state index contributed by atoms with van der Waals surface area (Å²) >= 11 is 0. The molecule has 4 heterocycles. The van der Waals surface area contributed by atoms with E-state index in [1.165, 1.54) is 0 Å². The van der Waals surface area contributed by atoms with Crippen molar-refractivity contribution in [1.82, 2.24) is 29.9 Å². The number of aromatic nitrogens is 5. The molecule has 2 atom stereocenters. The van der Waals surface area contributed by atoms with Crippen molar-refractivity contribution < 1.29 is 5.11 Å². The van der Waals surface area contributed by atoms with Crippen LogP contribution in [0, 0.1) is 0 Å². The largest absolute Gasteiger partial charge is 0.391 e. The molecule has 26 heavy (non-hydrogen) atoms. The second-order valence-corrected chi connectivity index (χ2v) is 6.43. The molecule has 9 nitrogen and oxygen atoms in total. The zero-order valence-corrected chi connectivity index (χ0v) is 14.6. The van der Waals surface area contributed by atoms with Gasteiger partial charge in [-0.1, -0.05) is 0 Å². The maximum absolute atomic E-state index is 10.1. The Labute approximate surface area is 151 Å².